The third-order valence-corrected chi connectivity index (χ3v) is 4.23. The molecule has 3 rings (SSSR count). The first-order chi connectivity index (χ1) is 11.7. The predicted molar refractivity (Wildman–Crippen MR) is 95.0 cm³/mol. The molecule has 0 aliphatic carbocycles. The summed E-state index contributed by atoms with van der Waals surface area (Å²) < 4.78 is 5.71. The van der Waals surface area contributed by atoms with Gasteiger partial charge in [-0.25, -0.2) is 4.99 Å². The Bertz CT molecular complexity index is 757. The molecule has 0 saturated carbocycles. The van der Waals surface area contributed by atoms with Gasteiger partial charge in [-0.3, -0.25) is 4.79 Å². The highest BCUT2D eigenvalue weighted by Crippen LogP contribution is 2.33. The fraction of sp³-hybridized carbons (Fsp3) is 0.263. The number of hydrogen-bond donors (Lipinski definition) is 2. The standard InChI is InChI=1S/C19H21N3O2/c1-13-15(11-20)7-8-16-18(13)17(12-23)24-19(22-16)21-10-9-14-5-3-2-4-6-14/h2-8,12,17H,9-11,20H2,1H3,(H,21,22). The fourth-order valence-corrected chi connectivity index (χ4v) is 2.90. The number of nitrogens with zero attached hydrogens (tertiary/aromatic N) is 1. The van der Waals surface area contributed by atoms with Crippen LogP contribution in [0.5, 0.6) is 0 Å². The number of carbonyl (C=O) groups excluding carboxylic acids is 1. The van der Waals surface area contributed by atoms with E-state index >= 15 is 0 Å². The molecule has 1 aliphatic rings. The number of nitrogens with one attached hydrogen (secondary N) is 1. The van der Waals surface area contributed by atoms with Crippen molar-refractivity contribution < 1.29 is 9.53 Å². The summed E-state index contributed by atoms with van der Waals surface area (Å²) in [5.74, 6) is 0. The minimum Gasteiger partial charge on any atom is -0.449 e. The number of amidine groups is 1. The van der Waals surface area contributed by atoms with Gasteiger partial charge in [-0.05, 0) is 36.1 Å². The van der Waals surface area contributed by atoms with E-state index in [0.717, 1.165) is 35.1 Å². The van der Waals surface area contributed by atoms with Crippen LogP contribution in [0.25, 0.3) is 0 Å². The van der Waals surface area contributed by atoms with E-state index in [1.807, 2.05) is 37.3 Å². The maximum Gasteiger partial charge on any atom is 0.290 e. The molecule has 1 atom stereocenters. The lowest BCUT2D eigenvalue weighted by atomic mass is 9.96. The lowest BCUT2D eigenvalue weighted by Gasteiger charge is -2.27. The third kappa shape index (κ3) is 3.31. The summed E-state index contributed by atoms with van der Waals surface area (Å²) in [6, 6.07) is 14.4. The molecule has 0 amide bonds. The Labute approximate surface area is 141 Å². The monoisotopic (exact) mass is 323 g/mol. The van der Waals surface area contributed by atoms with Crippen molar-refractivity contribution in [2.45, 2.75) is 26.0 Å². The van der Waals surface area contributed by atoms with Crippen LogP contribution in [-0.2, 0) is 22.5 Å². The first kappa shape index (κ1) is 16.2. The number of hydrogen-bond acceptors (Lipinski definition) is 4. The molecular weight excluding hydrogens is 302 g/mol. The van der Waals surface area contributed by atoms with Crippen molar-refractivity contribution in [1.82, 2.24) is 0 Å². The predicted octanol–water partition coefficient (Wildman–Crippen LogP) is 2.73. The number of aliphatic imine (C=N–C) groups is 1. The first-order valence-corrected chi connectivity index (χ1v) is 8.02. The second kappa shape index (κ2) is 7.27. The summed E-state index contributed by atoms with van der Waals surface area (Å²) in [4.78, 5) is 15.9. The van der Waals surface area contributed by atoms with E-state index in [2.05, 4.69) is 22.4 Å². The Morgan fingerprint density at radius 3 is 2.75 bits per heavy atom. The average molecular weight is 323 g/mol. The molecule has 2 aromatic carbocycles. The van der Waals surface area contributed by atoms with E-state index < -0.39 is 6.10 Å². The van der Waals surface area contributed by atoms with Crippen molar-refractivity contribution in [2.75, 3.05) is 11.9 Å². The molecule has 5 nitrogen and oxygen atoms in total. The van der Waals surface area contributed by atoms with Crippen LogP contribution in [0.3, 0.4) is 0 Å². The third-order valence-electron chi connectivity index (χ3n) is 4.23. The van der Waals surface area contributed by atoms with Crippen LogP contribution >= 0.6 is 0 Å². The molecule has 24 heavy (non-hydrogen) atoms. The van der Waals surface area contributed by atoms with Crippen molar-refractivity contribution >= 4 is 18.0 Å². The molecule has 1 unspecified atom stereocenters. The number of aldehydes is 1. The van der Waals surface area contributed by atoms with Gasteiger partial charge in [-0.15, -0.1) is 0 Å². The van der Waals surface area contributed by atoms with E-state index in [4.69, 9.17) is 10.5 Å². The summed E-state index contributed by atoms with van der Waals surface area (Å²) in [7, 11) is 0. The number of benzene rings is 2. The van der Waals surface area contributed by atoms with E-state index in [0.29, 0.717) is 19.1 Å². The van der Waals surface area contributed by atoms with Crippen LogP contribution in [-0.4, -0.2) is 18.9 Å². The van der Waals surface area contributed by atoms with Gasteiger partial charge < -0.3 is 15.8 Å². The van der Waals surface area contributed by atoms with Crippen molar-refractivity contribution in [2.24, 2.45) is 10.7 Å². The number of ether oxygens (including phenoxy) is 1. The van der Waals surface area contributed by atoms with Gasteiger partial charge in [0.05, 0.1) is 0 Å². The molecule has 0 saturated heterocycles. The number of fused-ring (bicyclic) bond motifs is 1. The highest BCUT2D eigenvalue weighted by molar-refractivity contribution is 5.95. The minimum atomic E-state index is -0.650. The molecule has 2 aromatic rings. The lowest BCUT2D eigenvalue weighted by Crippen LogP contribution is -2.28. The molecule has 1 aliphatic heterocycles. The number of nitrogens with two attached hydrogens (primary N) is 1. The van der Waals surface area contributed by atoms with Crippen LogP contribution in [0.15, 0.2) is 47.5 Å². The highest BCUT2D eigenvalue weighted by atomic mass is 16.5. The quantitative estimate of drug-likeness (QED) is 0.830. The van der Waals surface area contributed by atoms with Crippen LogP contribution in [0.1, 0.15) is 28.4 Å². The maximum absolute atomic E-state index is 11.5. The highest BCUT2D eigenvalue weighted by Gasteiger charge is 2.27. The van der Waals surface area contributed by atoms with Crippen molar-refractivity contribution in [3.63, 3.8) is 0 Å². The summed E-state index contributed by atoms with van der Waals surface area (Å²) in [5.41, 5.74) is 10.7. The first-order valence-electron chi connectivity index (χ1n) is 8.02. The Balaban J connectivity index is 1.78. The maximum atomic E-state index is 11.5. The van der Waals surface area contributed by atoms with Crippen molar-refractivity contribution in [3.8, 4) is 0 Å². The fourth-order valence-electron chi connectivity index (χ4n) is 2.90. The second-order valence-corrected chi connectivity index (χ2v) is 5.74. The van der Waals surface area contributed by atoms with Crippen LogP contribution in [0.4, 0.5) is 5.69 Å². The Hall–Kier alpha value is -2.66. The lowest BCUT2D eigenvalue weighted by molar-refractivity contribution is -0.114. The number of anilines is 1. The smallest absolute Gasteiger partial charge is 0.290 e. The van der Waals surface area contributed by atoms with Crippen molar-refractivity contribution in [1.29, 1.82) is 0 Å². The van der Waals surface area contributed by atoms with Gasteiger partial charge in [0.15, 0.2) is 12.4 Å². The normalized spacial score (nSPS) is 17.8. The molecule has 3 N–H and O–H groups in total. The topological polar surface area (TPSA) is 76.7 Å². The average Bonchev–Trinajstić information content (AvgIpc) is 2.62. The molecule has 124 valence electrons. The number of rotatable bonds is 5. The van der Waals surface area contributed by atoms with Crippen LogP contribution in [0, 0.1) is 6.92 Å². The summed E-state index contributed by atoms with van der Waals surface area (Å²) in [6.07, 6.45) is 0.974. The van der Waals surface area contributed by atoms with E-state index in [-0.39, 0.29) is 0 Å². The Morgan fingerprint density at radius 2 is 2.04 bits per heavy atom. The molecule has 0 aromatic heterocycles. The SMILES string of the molecule is Cc1c(CN)ccc2c1C(C=O)OC(=NCCc1ccccc1)N2. The van der Waals surface area contributed by atoms with Gasteiger partial charge in [0.1, 0.15) is 0 Å². The van der Waals surface area contributed by atoms with E-state index in [9.17, 15) is 4.79 Å². The van der Waals surface area contributed by atoms with Gasteiger partial charge in [0, 0.05) is 24.3 Å². The minimum absolute atomic E-state index is 0.385. The van der Waals surface area contributed by atoms with Gasteiger partial charge in [0.25, 0.3) is 6.02 Å². The number of carbonyl (C=O) groups is 1. The Kier molecular flexibility index (Phi) is 4.91. The van der Waals surface area contributed by atoms with Gasteiger partial charge in [0.2, 0.25) is 0 Å². The molecule has 0 spiro atoms. The molecule has 1 heterocycles. The summed E-state index contributed by atoms with van der Waals surface area (Å²) >= 11 is 0. The summed E-state index contributed by atoms with van der Waals surface area (Å²) in [6.45, 7) is 2.98. The Morgan fingerprint density at radius 1 is 1.25 bits per heavy atom. The zero-order valence-electron chi connectivity index (χ0n) is 13.7. The summed E-state index contributed by atoms with van der Waals surface area (Å²) in [5, 5.41) is 3.17. The van der Waals surface area contributed by atoms with Gasteiger partial charge >= 0.3 is 0 Å². The molecule has 0 radical (unpaired) electrons. The molecular formula is C19H21N3O2. The second-order valence-electron chi connectivity index (χ2n) is 5.74. The zero-order chi connectivity index (χ0) is 16.9. The zero-order valence-corrected chi connectivity index (χ0v) is 13.7. The van der Waals surface area contributed by atoms with Crippen molar-refractivity contribution in [3.05, 3.63) is 64.7 Å². The van der Waals surface area contributed by atoms with E-state index in [1.54, 1.807) is 0 Å². The largest absolute Gasteiger partial charge is 0.449 e. The molecule has 5 heteroatoms. The van der Waals surface area contributed by atoms with Crippen LogP contribution in [0.2, 0.25) is 0 Å². The van der Waals surface area contributed by atoms with Crippen LogP contribution < -0.4 is 11.1 Å². The van der Waals surface area contributed by atoms with Gasteiger partial charge in [-0.2, -0.15) is 0 Å². The molecule has 0 fully saturated rings. The van der Waals surface area contributed by atoms with Gasteiger partial charge in [-0.1, -0.05) is 36.4 Å². The molecule has 0 bridgehead atoms. The van der Waals surface area contributed by atoms with E-state index in [1.165, 1.54) is 5.56 Å².